The Bertz CT molecular complexity index is 1200. The first-order valence-corrected chi connectivity index (χ1v) is 11.9. The number of carboxylic acids is 1. The van der Waals surface area contributed by atoms with E-state index in [0.29, 0.717) is 13.1 Å². The molecule has 1 aromatic heterocycles. The minimum absolute atomic E-state index is 0.111. The number of carbonyl (C=O) groups is 2. The maximum atomic E-state index is 12.8. The average Bonchev–Trinajstić information content (AvgIpc) is 3.49. The van der Waals surface area contributed by atoms with Crippen molar-refractivity contribution in [2.45, 2.75) is 32.7 Å². The predicted octanol–water partition coefficient (Wildman–Crippen LogP) is 4.51. The van der Waals surface area contributed by atoms with Crippen LogP contribution in [-0.4, -0.2) is 62.9 Å². The number of carboxylic acid groups (broad SMARTS) is 1. The Balaban J connectivity index is 1.21. The molecule has 2 aliphatic heterocycles. The molecule has 1 N–H and O–H groups in total. The number of rotatable bonds is 4. The number of nitrogens with zero attached hydrogens (tertiary/aromatic N) is 4. The van der Waals surface area contributed by atoms with Crippen LogP contribution in [0.4, 0.5) is 4.79 Å². The number of hydrogen-bond acceptors (Lipinski definition) is 4. The molecule has 34 heavy (non-hydrogen) atoms. The highest BCUT2D eigenvalue weighted by Crippen LogP contribution is 2.41. The highest BCUT2D eigenvalue weighted by molar-refractivity contribution is 5.86. The lowest BCUT2D eigenvalue weighted by Gasteiger charge is -2.39. The number of aromatic nitrogens is 2. The zero-order valence-corrected chi connectivity index (χ0v) is 19.5. The van der Waals surface area contributed by atoms with Gasteiger partial charge in [-0.3, -0.25) is 4.90 Å². The van der Waals surface area contributed by atoms with E-state index in [4.69, 9.17) is 5.11 Å². The Morgan fingerprint density at radius 2 is 1.71 bits per heavy atom. The molecule has 2 aromatic carbocycles. The van der Waals surface area contributed by atoms with Gasteiger partial charge >= 0.3 is 12.0 Å². The normalized spacial score (nSPS) is 17.9. The molecule has 0 aliphatic carbocycles. The van der Waals surface area contributed by atoms with Crippen molar-refractivity contribution >= 4 is 12.0 Å². The Hall–Kier alpha value is -3.45. The number of likely N-dealkylation sites (tertiary alicyclic amines) is 2. The van der Waals surface area contributed by atoms with Crippen molar-refractivity contribution in [3.63, 3.8) is 0 Å². The van der Waals surface area contributed by atoms with Crippen LogP contribution in [0.5, 0.6) is 0 Å². The molecule has 0 bridgehead atoms. The third-order valence-electron chi connectivity index (χ3n) is 7.54. The molecule has 7 heteroatoms. The van der Waals surface area contributed by atoms with Crippen LogP contribution in [0, 0.1) is 12.3 Å². The van der Waals surface area contributed by atoms with Crippen LogP contribution in [0.1, 0.15) is 40.9 Å². The summed E-state index contributed by atoms with van der Waals surface area (Å²) in [6, 6.07) is 18.3. The van der Waals surface area contributed by atoms with Gasteiger partial charge in [0.05, 0.1) is 0 Å². The van der Waals surface area contributed by atoms with Gasteiger partial charge in [-0.25, -0.2) is 9.59 Å². The molecule has 2 saturated heterocycles. The van der Waals surface area contributed by atoms with Crippen molar-refractivity contribution in [2.24, 2.45) is 5.41 Å². The van der Waals surface area contributed by atoms with Crippen molar-refractivity contribution in [1.29, 1.82) is 0 Å². The molecule has 1 spiro atoms. The molecule has 0 unspecified atom stereocenters. The van der Waals surface area contributed by atoms with Gasteiger partial charge in [0, 0.05) is 32.4 Å². The molecule has 3 aromatic rings. The maximum absolute atomic E-state index is 12.8. The van der Waals surface area contributed by atoms with Gasteiger partial charge in [0.15, 0.2) is 5.69 Å². The molecule has 7 nitrogen and oxygen atoms in total. The van der Waals surface area contributed by atoms with E-state index in [9.17, 15) is 9.59 Å². The third kappa shape index (κ3) is 4.35. The van der Waals surface area contributed by atoms with E-state index in [1.54, 1.807) is 4.90 Å². The number of amides is 1. The summed E-state index contributed by atoms with van der Waals surface area (Å²) < 4.78 is 1.14. The lowest BCUT2D eigenvalue weighted by atomic mass is 9.78. The summed E-state index contributed by atoms with van der Waals surface area (Å²) >= 11 is 0. The number of carbonyl (C=O) groups excluding carboxylic acids is 1. The fourth-order valence-corrected chi connectivity index (χ4v) is 5.46. The minimum Gasteiger partial charge on any atom is -0.476 e. The smallest absolute Gasteiger partial charge is 0.356 e. The van der Waals surface area contributed by atoms with Crippen LogP contribution in [-0.2, 0) is 6.54 Å². The van der Waals surface area contributed by atoms with E-state index in [1.165, 1.54) is 34.5 Å². The molecule has 5 rings (SSSR count). The summed E-state index contributed by atoms with van der Waals surface area (Å²) in [4.78, 5) is 28.2. The third-order valence-corrected chi connectivity index (χ3v) is 7.54. The first-order chi connectivity index (χ1) is 16.4. The van der Waals surface area contributed by atoms with E-state index < -0.39 is 5.97 Å². The van der Waals surface area contributed by atoms with E-state index in [1.807, 2.05) is 6.07 Å². The van der Waals surface area contributed by atoms with E-state index in [-0.39, 0.29) is 17.1 Å². The second-order valence-electron chi connectivity index (χ2n) is 9.64. The Labute approximate surface area is 199 Å². The van der Waals surface area contributed by atoms with Crippen LogP contribution in [0.15, 0.2) is 60.8 Å². The van der Waals surface area contributed by atoms with Gasteiger partial charge in [-0.15, -0.1) is 0 Å². The van der Waals surface area contributed by atoms with Gasteiger partial charge in [-0.1, -0.05) is 48.5 Å². The summed E-state index contributed by atoms with van der Waals surface area (Å²) in [6.07, 6.45) is 4.51. The van der Waals surface area contributed by atoms with Gasteiger partial charge in [-0.05, 0) is 66.5 Å². The zero-order chi connectivity index (χ0) is 23.7. The average molecular weight is 459 g/mol. The van der Waals surface area contributed by atoms with Crippen LogP contribution in [0.2, 0.25) is 0 Å². The van der Waals surface area contributed by atoms with Crippen LogP contribution >= 0.6 is 0 Å². The van der Waals surface area contributed by atoms with Crippen molar-refractivity contribution < 1.29 is 14.7 Å². The van der Waals surface area contributed by atoms with Crippen molar-refractivity contribution in [3.05, 3.63) is 77.6 Å². The molecule has 0 radical (unpaired) electrons. The molecule has 0 atom stereocenters. The predicted molar refractivity (Wildman–Crippen MR) is 130 cm³/mol. The van der Waals surface area contributed by atoms with Crippen molar-refractivity contribution in [1.82, 2.24) is 19.6 Å². The highest BCUT2D eigenvalue weighted by Gasteiger charge is 2.41. The van der Waals surface area contributed by atoms with Gasteiger partial charge < -0.3 is 10.0 Å². The first kappa shape index (κ1) is 22.3. The molecule has 3 heterocycles. The SMILES string of the molecule is Cc1c(CN2CCC3(CCN(C(=O)n4ccc(C(=O)O)n4)CC3)C2)cccc1-c1ccccc1. The first-order valence-electron chi connectivity index (χ1n) is 11.9. The second-order valence-corrected chi connectivity index (χ2v) is 9.64. The number of piperidine rings is 1. The fourth-order valence-electron chi connectivity index (χ4n) is 5.46. The largest absolute Gasteiger partial charge is 0.476 e. The summed E-state index contributed by atoms with van der Waals surface area (Å²) in [5, 5.41) is 12.9. The number of aromatic carboxylic acids is 1. The number of benzene rings is 2. The number of hydrogen-bond donors (Lipinski definition) is 1. The van der Waals surface area contributed by atoms with E-state index in [0.717, 1.165) is 43.6 Å². The standard InChI is InChI=1S/C27H30N4O3/c1-20-22(8-5-9-23(20)21-6-3-2-4-7-21)18-29-15-11-27(19-29)12-16-30(17-13-27)26(34)31-14-10-24(28-31)25(32)33/h2-10,14H,11-13,15-19H2,1H3,(H,32,33). The topological polar surface area (TPSA) is 78.7 Å². The second kappa shape index (κ2) is 9.06. The van der Waals surface area contributed by atoms with Crippen molar-refractivity contribution in [2.75, 3.05) is 26.2 Å². The molecular weight excluding hydrogens is 428 g/mol. The lowest BCUT2D eigenvalue weighted by Crippen LogP contribution is -2.45. The molecule has 2 fully saturated rings. The molecule has 176 valence electrons. The van der Waals surface area contributed by atoms with Crippen LogP contribution in [0.25, 0.3) is 11.1 Å². The van der Waals surface area contributed by atoms with Crippen LogP contribution < -0.4 is 0 Å². The van der Waals surface area contributed by atoms with Crippen molar-refractivity contribution in [3.8, 4) is 11.1 Å². The van der Waals surface area contributed by atoms with Gasteiger partial charge in [-0.2, -0.15) is 9.78 Å². The molecule has 2 aliphatic rings. The summed E-state index contributed by atoms with van der Waals surface area (Å²) in [6.45, 7) is 6.65. The maximum Gasteiger partial charge on any atom is 0.356 e. The lowest BCUT2D eigenvalue weighted by molar-refractivity contribution is 0.0689. The highest BCUT2D eigenvalue weighted by atomic mass is 16.4. The summed E-state index contributed by atoms with van der Waals surface area (Å²) in [5.74, 6) is -1.13. The Morgan fingerprint density at radius 3 is 2.41 bits per heavy atom. The van der Waals surface area contributed by atoms with E-state index in [2.05, 4.69) is 59.4 Å². The quantitative estimate of drug-likeness (QED) is 0.622. The van der Waals surface area contributed by atoms with Crippen LogP contribution in [0.3, 0.4) is 0 Å². The van der Waals surface area contributed by atoms with Gasteiger partial charge in [0.2, 0.25) is 0 Å². The van der Waals surface area contributed by atoms with Gasteiger partial charge in [0.1, 0.15) is 0 Å². The summed E-state index contributed by atoms with van der Waals surface area (Å²) in [7, 11) is 0. The monoisotopic (exact) mass is 458 g/mol. The summed E-state index contributed by atoms with van der Waals surface area (Å²) in [5.41, 5.74) is 5.40. The molecular formula is C27H30N4O3. The molecule has 1 amide bonds. The van der Waals surface area contributed by atoms with Gasteiger partial charge in [0.25, 0.3) is 0 Å². The molecule has 0 saturated carbocycles. The Morgan fingerprint density at radius 1 is 0.971 bits per heavy atom. The fraction of sp³-hybridized carbons (Fsp3) is 0.370. The Kier molecular flexibility index (Phi) is 5.96. The zero-order valence-electron chi connectivity index (χ0n) is 19.5. The minimum atomic E-state index is -1.13. The van der Waals surface area contributed by atoms with E-state index >= 15 is 0 Å².